The molecule has 1 aromatic heterocycles. The van der Waals surface area contributed by atoms with Crippen molar-refractivity contribution in [1.82, 2.24) is 10.3 Å². The molecular formula is C18H27N3O2. The summed E-state index contributed by atoms with van der Waals surface area (Å²) in [6, 6.07) is 3.63. The van der Waals surface area contributed by atoms with Crippen molar-refractivity contribution in [2.45, 2.75) is 57.0 Å². The van der Waals surface area contributed by atoms with Crippen LogP contribution in [0.2, 0.25) is 0 Å². The third kappa shape index (κ3) is 4.02. The molecule has 1 saturated carbocycles. The molecule has 0 spiro atoms. The van der Waals surface area contributed by atoms with E-state index in [1.807, 2.05) is 6.07 Å². The summed E-state index contributed by atoms with van der Waals surface area (Å²) in [5.41, 5.74) is -0.115. The Hall–Kier alpha value is -1.62. The Labute approximate surface area is 138 Å². The Morgan fingerprint density at radius 3 is 2.61 bits per heavy atom. The van der Waals surface area contributed by atoms with Crippen LogP contribution in [0, 0.1) is 0 Å². The van der Waals surface area contributed by atoms with Gasteiger partial charge in [-0.25, -0.2) is 4.98 Å². The first-order chi connectivity index (χ1) is 11.2. The number of rotatable bonds is 4. The zero-order valence-corrected chi connectivity index (χ0v) is 13.8. The fourth-order valence-corrected chi connectivity index (χ4v) is 3.66. The van der Waals surface area contributed by atoms with Crippen LogP contribution in [0.1, 0.15) is 61.7 Å². The molecule has 23 heavy (non-hydrogen) atoms. The molecule has 5 heteroatoms. The quantitative estimate of drug-likeness (QED) is 0.895. The molecule has 2 N–H and O–H groups in total. The summed E-state index contributed by atoms with van der Waals surface area (Å²) in [4.78, 5) is 19.2. The van der Waals surface area contributed by atoms with Gasteiger partial charge in [-0.1, -0.05) is 19.3 Å². The number of anilines is 1. The molecule has 5 nitrogen and oxygen atoms in total. The molecule has 1 aliphatic heterocycles. The Kier molecular flexibility index (Phi) is 5.16. The number of pyridine rings is 1. The lowest BCUT2D eigenvalue weighted by atomic mass is 9.85. The molecular weight excluding hydrogens is 290 g/mol. The maximum absolute atomic E-state index is 12.6. The van der Waals surface area contributed by atoms with E-state index in [4.69, 9.17) is 0 Å². The van der Waals surface area contributed by atoms with Crippen LogP contribution in [0.25, 0.3) is 0 Å². The average Bonchev–Trinajstić information content (AvgIpc) is 2.61. The van der Waals surface area contributed by atoms with Crippen molar-refractivity contribution in [2.75, 3.05) is 24.5 Å². The molecule has 2 fully saturated rings. The summed E-state index contributed by atoms with van der Waals surface area (Å²) in [5, 5.41) is 13.5. The van der Waals surface area contributed by atoms with Gasteiger partial charge in [-0.15, -0.1) is 0 Å². The van der Waals surface area contributed by atoms with Crippen molar-refractivity contribution in [3.8, 4) is 0 Å². The number of carbonyl (C=O) groups is 1. The number of carbonyl (C=O) groups excluding carboxylic acids is 1. The van der Waals surface area contributed by atoms with Crippen molar-refractivity contribution in [3.05, 3.63) is 23.9 Å². The van der Waals surface area contributed by atoms with Gasteiger partial charge in [0.15, 0.2) is 0 Å². The van der Waals surface area contributed by atoms with Crippen molar-refractivity contribution < 1.29 is 9.90 Å². The molecule has 0 aromatic carbocycles. The van der Waals surface area contributed by atoms with Crippen LogP contribution in [-0.4, -0.2) is 41.2 Å². The van der Waals surface area contributed by atoms with Crippen molar-refractivity contribution in [1.29, 1.82) is 0 Å². The summed E-state index contributed by atoms with van der Waals surface area (Å²) in [6.07, 6.45) is 10.1. The van der Waals surface area contributed by atoms with E-state index in [9.17, 15) is 9.90 Å². The highest BCUT2D eigenvalue weighted by molar-refractivity contribution is 5.98. The largest absolute Gasteiger partial charge is 0.388 e. The molecule has 2 heterocycles. The Morgan fingerprint density at radius 2 is 1.87 bits per heavy atom. The predicted molar refractivity (Wildman–Crippen MR) is 90.7 cm³/mol. The Morgan fingerprint density at radius 1 is 1.17 bits per heavy atom. The van der Waals surface area contributed by atoms with Gasteiger partial charge in [0.1, 0.15) is 5.82 Å². The zero-order valence-electron chi connectivity index (χ0n) is 13.8. The number of nitrogens with zero attached hydrogens (tertiary/aromatic N) is 2. The SMILES string of the molecule is O=C(NCC1(O)CCCCC1)c1cccnc1N1CCCCC1. The molecule has 0 atom stereocenters. The van der Waals surface area contributed by atoms with Gasteiger partial charge in [-0.05, 0) is 44.2 Å². The second-order valence-corrected chi connectivity index (χ2v) is 6.89. The van der Waals surface area contributed by atoms with Gasteiger partial charge in [0, 0.05) is 25.8 Å². The summed E-state index contributed by atoms with van der Waals surface area (Å²) in [5.74, 6) is 0.651. The van der Waals surface area contributed by atoms with E-state index in [1.165, 1.54) is 12.8 Å². The van der Waals surface area contributed by atoms with Gasteiger partial charge in [-0.2, -0.15) is 0 Å². The van der Waals surface area contributed by atoms with E-state index < -0.39 is 5.60 Å². The first kappa shape index (κ1) is 16.2. The van der Waals surface area contributed by atoms with Gasteiger partial charge in [0.2, 0.25) is 0 Å². The van der Waals surface area contributed by atoms with Gasteiger partial charge >= 0.3 is 0 Å². The zero-order chi connectivity index (χ0) is 16.1. The normalized spacial score (nSPS) is 21.0. The average molecular weight is 317 g/mol. The summed E-state index contributed by atoms with van der Waals surface area (Å²) in [6.45, 7) is 2.25. The van der Waals surface area contributed by atoms with Gasteiger partial charge < -0.3 is 15.3 Å². The first-order valence-electron chi connectivity index (χ1n) is 8.89. The number of nitrogens with one attached hydrogen (secondary N) is 1. The molecule has 1 aliphatic carbocycles. The van der Waals surface area contributed by atoms with Crippen LogP contribution in [0.4, 0.5) is 5.82 Å². The molecule has 1 aromatic rings. The number of amides is 1. The lowest BCUT2D eigenvalue weighted by Crippen LogP contribution is -2.44. The van der Waals surface area contributed by atoms with Crippen LogP contribution in [0.5, 0.6) is 0 Å². The van der Waals surface area contributed by atoms with E-state index in [2.05, 4.69) is 15.2 Å². The molecule has 1 saturated heterocycles. The minimum atomic E-state index is -0.735. The first-order valence-corrected chi connectivity index (χ1v) is 8.89. The summed E-state index contributed by atoms with van der Waals surface area (Å²) < 4.78 is 0. The highest BCUT2D eigenvalue weighted by atomic mass is 16.3. The molecule has 0 bridgehead atoms. The van der Waals surface area contributed by atoms with Crippen molar-refractivity contribution in [2.24, 2.45) is 0 Å². The van der Waals surface area contributed by atoms with Crippen LogP contribution in [0.3, 0.4) is 0 Å². The van der Waals surface area contributed by atoms with Gasteiger partial charge in [0.25, 0.3) is 5.91 Å². The molecule has 126 valence electrons. The van der Waals surface area contributed by atoms with E-state index in [1.54, 1.807) is 12.3 Å². The van der Waals surface area contributed by atoms with Gasteiger partial charge in [-0.3, -0.25) is 4.79 Å². The highest BCUT2D eigenvalue weighted by Gasteiger charge is 2.30. The van der Waals surface area contributed by atoms with Crippen LogP contribution < -0.4 is 10.2 Å². The van der Waals surface area contributed by atoms with Crippen LogP contribution in [0.15, 0.2) is 18.3 Å². The molecule has 0 unspecified atom stereocenters. The lowest BCUT2D eigenvalue weighted by molar-refractivity contribution is 0.00526. The number of aromatic nitrogens is 1. The number of aliphatic hydroxyl groups is 1. The molecule has 2 aliphatic rings. The predicted octanol–water partition coefficient (Wildman–Crippen LogP) is 2.50. The summed E-state index contributed by atoms with van der Waals surface area (Å²) >= 11 is 0. The maximum Gasteiger partial charge on any atom is 0.255 e. The topological polar surface area (TPSA) is 65.5 Å². The number of hydrogen-bond donors (Lipinski definition) is 2. The lowest BCUT2D eigenvalue weighted by Gasteiger charge is -2.32. The minimum Gasteiger partial charge on any atom is -0.388 e. The molecule has 1 amide bonds. The smallest absolute Gasteiger partial charge is 0.255 e. The third-order valence-electron chi connectivity index (χ3n) is 5.05. The standard InChI is InChI=1S/C18H27N3O2/c22-17(20-14-18(23)9-3-1-4-10-18)15-8-7-11-19-16(15)21-12-5-2-6-13-21/h7-8,11,23H,1-6,9-10,12-14H2,(H,20,22). The second kappa shape index (κ2) is 7.30. The fourth-order valence-electron chi connectivity index (χ4n) is 3.66. The monoisotopic (exact) mass is 317 g/mol. The van der Waals surface area contributed by atoms with E-state index in [0.29, 0.717) is 12.1 Å². The fraction of sp³-hybridized carbons (Fsp3) is 0.667. The maximum atomic E-state index is 12.6. The Balaban J connectivity index is 1.67. The summed E-state index contributed by atoms with van der Waals surface area (Å²) in [7, 11) is 0. The molecule has 0 radical (unpaired) electrons. The van der Waals surface area contributed by atoms with Crippen molar-refractivity contribution >= 4 is 11.7 Å². The Bertz CT molecular complexity index is 535. The number of hydrogen-bond acceptors (Lipinski definition) is 4. The molecule has 3 rings (SSSR count). The van der Waals surface area contributed by atoms with Crippen molar-refractivity contribution in [3.63, 3.8) is 0 Å². The highest BCUT2D eigenvalue weighted by Crippen LogP contribution is 2.27. The van der Waals surface area contributed by atoms with Crippen LogP contribution in [-0.2, 0) is 0 Å². The second-order valence-electron chi connectivity index (χ2n) is 6.89. The van der Waals surface area contributed by atoms with E-state index in [0.717, 1.165) is 57.4 Å². The van der Waals surface area contributed by atoms with E-state index >= 15 is 0 Å². The minimum absolute atomic E-state index is 0.127. The van der Waals surface area contributed by atoms with Crippen LogP contribution >= 0.6 is 0 Å². The number of piperidine rings is 1. The van der Waals surface area contributed by atoms with Gasteiger partial charge in [0.05, 0.1) is 11.2 Å². The third-order valence-corrected chi connectivity index (χ3v) is 5.05. The van der Waals surface area contributed by atoms with E-state index in [-0.39, 0.29) is 5.91 Å².